The topological polar surface area (TPSA) is 119 Å². The molecule has 0 spiro atoms. The molecule has 9 heteroatoms. The van der Waals surface area contributed by atoms with Gasteiger partial charge < -0.3 is 15.2 Å². The fourth-order valence-electron chi connectivity index (χ4n) is 3.38. The third-order valence-corrected chi connectivity index (χ3v) is 6.51. The van der Waals surface area contributed by atoms with E-state index in [4.69, 9.17) is 21.5 Å². The highest BCUT2D eigenvalue weighted by molar-refractivity contribution is 7.89. The van der Waals surface area contributed by atoms with Gasteiger partial charge in [-0.2, -0.15) is 0 Å². The van der Waals surface area contributed by atoms with Crippen LogP contribution in [0, 0.1) is 20.8 Å². The van der Waals surface area contributed by atoms with E-state index in [1.165, 1.54) is 18.2 Å². The number of ether oxygens (including phenoxy) is 1. The molecule has 1 atom stereocenters. The molecule has 0 saturated carbocycles. The second kappa shape index (κ2) is 9.93. The van der Waals surface area contributed by atoms with Crippen molar-refractivity contribution in [1.29, 1.82) is 0 Å². The lowest BCUT2D eigenvalue weighted by Crippen LogP contribution is -2.21. The molecule has 0 fully saturated rings. The van der Waals surface area contributed by atoms with E-state index in [1.807, 2.05) is 32.0 Å². The molecule has 0 aliphatic heterocycles. The molecular formula is C24H25ClN2O5S. The van der Waals surface area contributed by atoms with Gasteiger partial charge in [-0.1, -0.05) is 29.8 Å². The van der Waals surface area contributed by atoms with Gasteiger partial charge in [0.05, 0.1) is 4.90 Å². The number of sulfonamides is 1. The molecule has 0 aliphatic rings. The number of nitrogens with one attached hydrogen (secondary N) is 1. The number of halogens is 1. The number of primary sulfonamides is 1. The summed E-state index contributed by atoms with van der Waals surface area (Å²) in [4.78, 5) is 12.4. The van der Waals surface area contributed by atoms with Gasteiger partial charge in [0.15, 0.2) is 6.61 Å². The SMILES string of the molecule is Cc1cc(S(N)(=O)=O)ccc1NC(=O)COc1ccc(Cl)cc1C(O)c1cccc(C)c1C. The monoisotopic (exact) mass is 488 g/mol. The van der Waals surface area contributed by atoms with Crippen molar-refractivity contribution in [2.75, 3.05) is 11.9 Å². The van der Waals surface area contributed by atoms with Crippen LogP contribution in [0.2, 0.25) is 5.02 Å². The zero-order valence-electron chi connectivity index (χ0n) is 18.4. The number of aryl methyl sites for hydroxylation is 2. The fourth-order valence-corrected chi connectivity index (χ4v) is 4.16. The normalized spacial score (nSPS) is 12.3. The van der Waals surface area contributed by atoms with Crippen molar-refractivity contribution >= 4 is 33.2 Å². The van der Waals surface area contributed by atoms with Crippen LogP contribution in [0.15, 0.2) is 59.5 Å². The highest BCUT2D eigenvalue weighted by atomic mass is 35.5. The first-order chi connectivity index (χ1) is 15.5. The van der Waals surface area contributed by atoms with Crippen LogP contribution >= 0.6 is 11.6 Å². The largest absolute Gasteiger partial charge is 0.483 e. The highest BCUT2D eigenvalue weighted by Gasteiger charge is 2.20. The lowest BCUT2D eigenvalue weighted by molar-refractivity contribution is -0.118. The van der Waals surface area contributed by atoms with Crippen molar-refractivity contribution in [3.05, 3.63) is 87.4 Å². The number of hydrogen-bond acceptors (Lipinski definition) is 5. The lowest BCUT2D eigenvalue weighted by Gasteiger charge is -2.19. The van der Waals surface area contributed by atoms with E-state index in [0.29, 0.717) is 27.6 Å². The number of hydrogen-bond donors (Lipinski definition) is 3. The molecule has 174 valence electrons. The minimum atomic E-state index is -3.83. The average Bonchev–Trinajstić information content (AvgIpc) is 2.75. The standard InChI is InChI=1S/C24H25ClN2O5S/c1-14-5-4-6-19(16(14)3)24(29)20-12-17(25)7-10-22(20)32-13-23(28)27-21-9-8-18(11-15(21)2)33(26,30)31/h4-12,24,29H,13H2,1-3H3,(H,27,28)(H2,26,30,31). The van der Waals surface area contributed by atoms with E-state index in [9.17, 15) is 18.3 Å². The van der Waals surface area contributed by atoms with Crippen molar-refractivity contribution < 1.29 is 23.1 Å². The molecule has 33 heavy (non-hydrogen) atoms. The van der Waals surface area contributed by atoms with Crippen LogP contribution in [0.3, 0.4) is 0 Å². The number of aliphatic hydroxyl groups is 1. The maximum atomic E-state index is 12.5. The molecule has 4 N–H and O–H groups in total. The van der Waals surface area contributed by atoms with Crippen LogP contribution in [-0.2, 0) is 14.8 Å². The maximum absolute atomic E-state index is 12.5. The quantitative estimate of drug-likeness (QED) is 0.464. The smallest absolute Gasteiger partial charge is 0.262 e. The van der Waals surface area contributed by atoms with Crippen molar-refractivity contribution in [2.45, 2.75) is 31.8 Å². The summed E-state index contributed by atoms with van der Waals surface area (Å²) in [7, 11) is -3.83. The summed E-state index contributed by atoms with van der Waals surface area (Å²) in [5.74, 6) is -0.132. The van der Waals surface area contributed by atoms with Crippen molar-refractivity contribution in [3.8, 4) is 5.75 Å². The predicted molar refractivity (Wildman–Crippen MR) is 128 cm³/mol. The molecule has 1 amide bonds. The molecule has 3 aromatic carbocycles. The van der Waals surface area contributed by atoms with Crippen molar-refractivity contribution in [3.63, 3.8) is 0 Å². The van der Waals surface area contributed by atoms with Gasteiger partial charge in [0.25, 0.3) is 5.91 Å². The Morgan fingerprint density at radius 1 is 1.06 bits per heavy atom. The van der Waals surface area contributed by atoms with Crippen LogP contribution in [0.25, 0.3) is 0 Å². The third kappa shape index (κ3) is 5.91. The molecule has 0 saturated heterocycles. The number of anilines is 1. The number of carbonyl (C=O) groups excluding carboxylic acids is 1. The molecule has 3 rings (SSSR count). The van der Waals surface area contributed by atoms with Gasteiger partial charge in [-0.15, -0.1) is 0 Å². The van der Waals surface area contributed by atoms with E-state index in [-0.39, 0.29) is 11.5 Å². The van der Waals surface area contributed by atoms with Crippen LogP contribution < -0.4 is 15.2 Å². The number of nitrogens with two attached hydrogens (primary N) is 1. The Kier molecular flexibility index (Phi) is 7.44. The average molecular weight is 489 g/mol. The summed E-state index contributed by atoms with van der Waals surface area (Å²) in [6.45, 7) is 5.21. The number of benzene rings is 3. The molecule has 3 aromatic rings. The van der Waals surface area contributed by atoms with E-state index >= 15 is 0 Å². The predicted octanol–water partition coefficient (Wildman–Crippen LogP) is 4.01. The second-order valence-corrected chi connectivity index (χ2v) is 9.73. The van der Waals surface area contributed by atoms with Gasteiger partial charge in [-0.3, -0.25) is 4.79 Å². The van der Waals surface area contributed by atoms with Crippen molar-refractivity contribution in [1.82, 2.24) is 0 Å². The summed E-state index contributed by atoms with van der Waals surface area (Å²) in [6.07, 6.45) is -0.991. The van der Waals surface area contributed by atoms with Gasteiger partial charge in [-0.25, -0.2) is 13.6 Å². The second-order valence-electron chi connectivity index (χ2n) is 7.73. The third-order valence-electron chi connectivity index (χ3n) is 5.37. The summed E-state index contributed by atoms with van der Waals surface area (Å²) >= 11 is 6.15. The van der Waals surface area contributed by atoms with Crippen LogP contribution in [0.1, 0.15) is 33.9 Å². The van der Waals surface area contributed by atoms with E-state index in [0.717, 1.165) is 16.7 Å². The molecule has 7 nitrogen and oxygen atoms in total. The Balaban J connectivity index is 1.77. The fraction of sp³-hybridized carbons (Fsp3) is 0.208. The Bertz CT molecular complexity index is 1310. The molecule has 0 bridgehead atoms. The number of carbonyl (C=O) groups is 1. The first kappa shape index (κ1) is 24.7. The molecule has 1 unspecified atom stereocenters. The van der Waals surface area contributed by atoms with Crippen molar-refractivity contribution in [2.24, 2.45) is 5.14 Å². The van der Waals surface area contributed by atoms with Crippen LogP contribution in [0.4, 0.5) is 5.69 Å². The highest BCUT2D eigenvalue weighted by Crippen LogP contribution is 2.34. The van der Waals surface area contributed by atoms with Crippen LogP contribution in [-0.4, -0.2) is 26.0 Å². The van der Waals surface area contributed by atoms with E-state index in [2.05, 4.69) is 5.32 Å². The molecular weight excluding hydrogens is 464 g/mol. The van der Waals surface area contributed by atoms with Gasteiger partial charge in [-0.05, 0) is 79.4 Å². The van der Waals surface area contributed by atoms with Gasteiger partial charge in [0, 0.05) is 16.3 Å². The number of rotatable bonds is 7. The van der Waals surface area contributed by atoms with Gasteiger partial charge in [0.1, 0.15) is 11.9 Å². The van der Waals surface area contributed by atoms with E-state index < -0.39 is 22.0 Å². The summed E-state index contributed by atoms with van der Waals surface area (Å²) in [6, 6.07) is 14.6. The summed E-state index contributed by atoms with van der Waals surface area (Å²) in [5, 5.41) is 19.3. The number of amides is 1. The Hall–Kier alpha value is -2.91. The first-order valence-corrected chi connectivity index (χ1v) is 12.0. The lowest BCUT2D eigenvalue weighted by atomic mass is 9.94. The zero-order chi connectivity index (χ0) is 24.3. The maximum Gasteiger partial charge on any atom is 0.262 e. The molecule has 0 radical (unpaired) electrons. The Morgan fingerprint density at radius 2 is 1.79 bits per heavy atom. The molecule has 0 aromatic heterocycles. The minimum Gasteiger partial charge on any atom is -0.483 e. The Morgan fingerprint density at radius 3 is 2.45 bits per heavy atom. The summed E-state index contributed by atoms with van der Waals surface area (Å²) < 4.78 is 28.7. The molecule has 0 heterocycles. The Labute approximate surface area is 198 Å². The van der Waals surface area contributed by atoms with Crippen LogP contribution in [0.5, 0.6) is 5.75 Å². The minimum absolute atomic E-state index is 0.0412. The summed E-state index contributed by atoms with van der Waals surface area (Å²) in [5.41, 5.74) is 4.12. The first-order valence-electron chi connectivity index (χ1n) is 10.1. The zero-order valence-corrected chi connectivity index (χ0v) is 20.0. The van der Waals surface area contributed by atoms with Gasteiger partial charge in [0.2, 0.25) is 10.0 Å². The molecule has 0 aliphatic carbocycles. The number of aliphatic hydroxyl groups excluding tert-OH is 1. The van der Waals surface area contributed by atoms with E-state index in [1.54, 1.807) is 25.1 Å². The van der Waals surface area contributed by atoms with Gasteiger partial charge >= 0.3 is 0 Å².